The van der Waals surface area contributed by atoms with Crippen molar-refractivity contribution in [2.45, 2.75) is 12.6 Å². The van der Waals surface area contributed by atoms with Gasteiger partial charge in [0.15, 0.2) is 0 Å². The molecular weight excluding hydrogens is 120 g/mol. The summed E-state index contributed by atoms with van der Waals surface area (Å²) < 4.78 is 0. The lowest BCUT2D eigenvalue weighted by Crippen LogP contribution is -2.17. The molecule has 0 saturated carbocycles. The van der Waals surface area contributed by atoms with Crippen molar-refractivity contribution in [3.8, 4) is 0 Å². The molecule has 0 amide bonds. The van der Waals surface area contributed by atoms with Crippen molar-refractivity contribution in [2.24, 2.45) is 4.99 Å². The second kappa shape index (κ2) is 2.39. The number of allylic oxidation sites excluding steroid dienone is 1. The summed E-state index contributed by atoms with van der Waals surface area (Å²) in [5.41, 5.74) is 0. The molecule has 0 N–H and O–H groups in total. The van der Waals surface area contributed by atoms with E-state index in [9.17, 15) is 10.1 Å². The van der Waals surface area contributed by atoms with Gasteiger partial charge in [-0.2, -0.15) is 0 Å². The fourth-order valence-corrected chi connectivity index (χ4v) is 0.612. The topological polar surface area (TPSA) is 55.5 Å². The van der Waals surface area contributed by atoms with Crippen LogP contribution in [-0.4, -0.2) is 17.3 Å². The minimum absolute atomic E-state index is 0.389. The van der Waals surface area contributed by atoms with E-state index in [1.54, 1.807) is 12.2 Å². The summed E-state index contributed by atoms with van der Waals surface area (Å²) in [5, 5.41) is 10.0. The molecule has 1 atom stereocenters. The summed E-state index contributed by atoms with van der Waals surface area (Å²) in [6.45, 7) is 0. The second-order valence-electron chi connectivity index (χ2n) is 1.73. The Balaban J connectivity index is 2.56. The molecule has 1 aliphatic heterocycles. The first-order valence-corrected chi connectivity index (χ1v) is 2.62. The zero-order valence-electron chi connectivity index (χ0n) is 4.73. The Bertz CT molecular complexity index is 174. The molecule has 0 spiro atoms. The maximum atomic E-state index is 10.0. The third-order valence-corrected chi connectivity index (χ3v) is 1.07. The lowest BCUT2D eigenvalue weighted by Gasteiger charge is -2.01. The Morgan fingerprint density at radius 3 is 2.89 bits per heavy atom. The molecule has 9 heavy (non-hydrogen) atoms. The molecule has 0 radical (unpaired) electrons. The van der Waals surface area contributed by atoms with Gasteiger partial charge >= 0.3 is 6.17 Å². The third-order valence-electron chi connectivity index (χ3n) is 1.07. The Labute approximate surface area is 52.1 Å². The van der Waals surface area contributed by atoms with Gasteiger partial charge in [-0.1, -0.05) is 6.08 Å². The van der Waals surface area contributed by atoms with Crippen molar-refractivity contribution in [2.75, 3.05) is 0 Å². The highest BCUT2D eigenvalue weighted by atomic mass is 16.6. The van der Waals surface area contributed by atoms with Crippen LogP contribution >= 0.6 is 0 Å². The normalized spacial score (nSPS) is 24.2. The van der Waals surface area contributed by atoms with E-state index < -0.39 is 6.17 Å². The highest BCUT2D eigenvalue weighted by molar-refractivity contribution is 5.71. The summed E-state index contributed by atoms with van der Waals surface area (Å²) in [4.78, 5) is 13.2. The first kappa shape index (κ1) is 5.94. The van der Waals surface area contributed by atoms with Gasteiger partial charge in [0.05, 0.1) is 6.42 Å². The summed E-state index contributed by atoms with van der Waals surface area (Å²) >= 11 is 0. The van der Waals surface area contributed by atoms with Crippen LogP contribution in [0.4, 0.5) is 0 Å². The summed E-state index contributed by atoms with van der Waals surface area (Å²) in [6.07, 6.45) is 4.58. The maximum absolute atomic E-state index is 10.0. The largest absolute Gasteiger partial charge is 0.307 e. The van der Waals surface area contributed by atoms with E-state index in [0.717, 1.165) is 0 Å². The van der Waals surface area contributed by atoms with E-state index in [1.165, 1.54) is 6.21 Å². The van der Waals surface area contributed by atoms with Crippen LogP contribution in [0.5, 0.6) is 0 Å². The fraction of sp³-hybridized carbons (Fsp3) is 0.400. The van der Waals surface area contributed by atoms with Crippen LogP contribution in [0, 0.1) is 10.1 Å². The van der Waals surface area contributed by atoms with Crippen molar-refractivity contribution >= 4 is 6.21 Å². The highest BCUT2D eigenvalue weighted by Crippen LogP contribution is 2.02. The van der Waals surface area contributed by atoms with E-state index in [1.807, 2.05) is 0 Å². The van der Waals surface area contributed by atoms with Gasteiger partial charge in [0.1, 0.15) is 0 Å². The number of aliphatic imine (C=N–C) groups is 1. The Hall–Kier alpha value is -1.19. The van der Waals surface area contributed by atoms with Gasteiger partial charge in [-0.3, -0.25) is 10.1 Å². The predicted octanol–water partition coefficient (Wildman–Crippen LogP) is 0.620. The molecule has 0 fully saturated rings. The zero-order valence-corrected chi connectivity index (χ0v) is 4.73. The predicted molar refractivity (Wildman–Crippen MR) is 33.0 cm³/mol. The highest BCUT2D eigenvalue weighted by Gasteiger charge is 2.15. The number of hydrogen-bond donors (Lipinski definition) is 0. The smallest absolute Gasteiger partial charge is 0.262 e. The van der Waals surface area contributed by atoms with Crippen molar-refractivity contribution in [1.82, 2.24) is 0 Å². The van der Waals surface area contributed by atoms with Crippen molar-refractivity contribution in [3.05, 3.63) is 22.3 Å². The van der Waals surface area contributed by atoms with Crippen molar-refractivity contribution in [3.63, 3.8) is 0 Å². The van der Waals surface area contributed by atoms with E-state index in [-0.39, 0.29) is 4.92 Å². The summed E-state index contributed by atoms with van der Waals surface area (Å²) in [5.74, 6) is 0. The van der Waals surface area contributed by atoms with Crippen LogP contribution in [0.15, 0.2) is 17.1 Å². The van der Waals surface area contributed by atoms with Gasteiger partial charge in [-0.15, -0.1) is 0 Å². The number of hydrogen-bond acceptors (Lipinski definition) is 3. The lowest BCUT2D eigenvalue weighted by molar-refractivity contribution is -0.519. The van der Waals surface area contributed by atoms with Crippen molar-refractivity contribution < 1.29 is 4.92 Å². The number of dihydropyridines is 1. The van der Waals surface area contributed by atoms with Gasteiger partial charge in [0.2, 0.25) is 0 Å². The van der Waals surface area contributed by atoms with E-state index in [0.29, 0.717) is 6.42 Å². The van der Waals surface area contributed by atoms with Crippen LogP contribution in [0.1, 0.15) is 6.42 Å². The van der Waals surface area contributed by atoms with Crippen LogP contribution < -0.4 is 0 Å². The monoisotopic (exact) mass is 126 g/mol. The quantitative estimate of drug-likeness (QED) is 0.382. The molecule has 1 aliphatic rings. The van der Waals surface area contributed by atoms with E-state index in [4.69, 9.17) is 0 Å². The Kier molecular flexibility index (Phi) is 1.58. The minimum atomic E-state index is -0.741. The molecule has 1 unspecified atom stereocenters. The minimum Gasteiger partial charge on any atom is -0.262 e. The first-order valence-electron chi connectivity index (χ1n) is 2.62. The Morgan fingerprint density at radius 2 is 2.56 bits per heavy atom. The third kappa shape index (κ3) is 1.35. The molecule has 1 rings (SSSR count). The molecule has 1 heterocycles. The molecule has 0 aromatic rings. The molecule has 0 saturated heterocycles. The molecule has 0 aromatic heterocycles. The van der Waals surface area contributed by atoms with Crippen LogP contribution in [0.2, 0.25) is 0 Å². The van der Waals surface area contributed by atoms with Gasteiger partial charge in [-0.05, 0) is 6.08 Å². The van der Waals surface area contributed by atoms with Crippen LogP contribution in [0.3, 0.4) is 0 Å². The molecule has 4 heteroatoms. The maximum Gasteiger partial charge on any atom is 0.307 e. The number of nitrogens with zero attached hydrogens (tertiary/aromatic N) is 2. The average Bonchev–Trinajstić information content (AvgIpc) is 1.90. The standard InChI is InChI=1S/C5H6N2O2/c8-7(9)5-3-1-2-4-6-5/h1-2,4-5H,3H2. The van der Waals surface area contributed by atoms with Gasteiger partial charge in [-0.25, -0.2) is 4.99 Å². The molecule has 0 bridgehead atoms. The molecule has 48 valence electrons. The molecule has 4 nitrogen and oxygen atoms in total. The van der Waals surface area contributed by atoms with Crippen molar-refractivity contribution in [1.29, 1.82) is 0 Å². The molecule has 0 aliphatic carbocycles. The lowest BCUT2D eigenvalue weighted by atomic mass is 10.3. The second-order valence-corrected chi connectivity index (χ2v) is 1.73. The average molecular weight is 126 g/mol. The summed E-state index contributed by atoms with van der Waals surface area (Å²) in [7, 11) is 0. The number of rotatable bonds is 1. The number of nitro groups is 1. The van der Waals surface area contributed by atoms with Gasteiger partial charge < -0.3 is 0 Å². The van der Waals surface area contributed by atoms with E-state index in [2.05, 4.69) is 4.99 Å². The molecule has 0 aromatic carbocycles. The summed E-state index contributed by atoms with van der Waals surface area (Å²) in [6, 6.07) is 0. The SMILES string of the molecule is O=[N+]([O-])C1CC=CC=N1. The van der Waals surface area contributed by atoms with Crippen LogP contribution in [0.25, 0.3) is 0 Å². The van der Waals surface area contributed by atoms with Gasteiger partial charge in [0.25, 0.3) is 0 Å². The molecular formula is C5H6N2O2. The zero-order chi connectivity index (χ0) is 6.69. The first-order chi connectivity index (χ1) is 4.30. The Morgan fingerprint density at radius 1 is 1.78 bits per heavy atom. The van der Waals surface area contributed by atoms with E-state index >= 15 is 0 Å². The van der Waals surface area contributed by atoms with Gasteiger partial charge in [0, 0.05) is 11.1 Å². The van der Waals surface area contributed by atoms with Crippen LogP contribution in [-0.2, 0) is 0 Å². The fourth-order valence-electron chi connectivity index (χ4n) is 0.612.